The molecule has 0 unspecified atom stereocenters. The Morgan fingerprint density at radius 2 is 1.96 bits per heavy atom. The molecule has 3 aliphatic rings. The Balaban J connectivity index is 1.21. The lowest BCUT2D eigenvalue weighted by molar-refractivity contribution is -0.133. The molecule has 5 nitrogen and oxygen atoms in total. The Labute approximate surface area is 164 Å². The van der Waals surface area contributed by atoms with Crippen LogP contribution in [0, 0.1) is 5.92 Å². The van der Waals surface area contributed by atoms with E-state index in [2.05, 4.69) is 26.2 Å². The van der Waals surface area contributed by atoms with Gasteiger partial charge in [0.2, 0.25) is 5.91 Å². The molecule has 5 rings (SSSR count). The van der Waals surface area contributed by atoms with E-state index in [1.54, 1.807) is 4.88 Å². The summed E-state index contributed by atoms with van der Waals surface area (Å²) in [5.74, 6) is 2.06. The number of nitrogens with zero attached hydrogens (tertiary/aromatic N) is 4. The van der Waals surface area contributed by atoms with Crippen LogP contribution in [0.15, 0.2) is 35.8 Å². The maximum atomic E-state index is 13.0. The third-order valence-corrected chi connectivity index (χ3v) is 7.13. The number of carbonyl (C=O) groups is 1. The number of fused-ring (bicyclic) bond motifs is 1. The summed E-state index contributed by atoms with van der Waals surface area (Å²) in [6.07, 6.45) is 5.55. The van der Waals surface area contributed by atoms with Gasteiger partial charge in [-0.05, 0) is 54.3 Å². The van der Waals surface area contributed by atoms with Gasteiger partial charge in [0.05, 0.1) is 6.54 Å². The number of rotatable bonds is 4. The third-order valence-electron chi connectivity index (χ3n) is 6.13. The van der Waals surface area contributed by atoms with Crippen molar-refractivity contribution < 1.29 is 4.79 Å². The molecule has 1 aliphatic carbocycles. The molecule has 142 valence electrons. The molecule has 4 heterocycles. The molecule has 0 N–H and O–H groups in total. The van der Waals surface area contributed by atoms with E-state index in [4.69, 9.17) is 0 Å². The van der Waals surface area contributed by atoms with Crippen molar-refractivity contribution in [2.45, 2.75) is 25.3 Å². The van der Waals surface area contributed by atoms with E-state index in [1.807, 2.05) is 40.6 Å². The smallest absolute Gasteiger partial charge is 0.236 e. The van der Waals surface area contributed by atoms with E-state index in [9.17, 15) is 4.79 Å². The van der Waals surface area contributed by atoms with Gasteiger partial charge in [0.15, 0.2) is 0 Å². The van der Waals surface area contributed by atoms with Crippen LogP contribution >= 0.6 is 11.3 Å². The van der Waals surface area contributed by atoms with E-state index in [-0.39, 0.29) is 0 Å². The number of piperazine rings is 1. The summed E-state index contributed by atoms with van der Waals surface area (Å²) in [5, 5.41) is 2.22. The molecule has 0 bridgehead atoms. The van der Waals surface area contributed by atoms with Crippen molar-refractivity contribution in [2.24, 2.45) is 5.92 Å². The maximum Gasteiger partial charge on any atom is 0.236 e. The second-order valence-electron chi connectivity index (χ2n) is 7.86. The first kappa shape index (κ1) is 17.2. The molecule has 2 fully saturated rings. The highest BCUT2D eigenvalue weighted by Crippen LogP contribution is 2.48. The lowest BCUT2D eigenvalue weighted by Gasteiger charge is -2.39. The van der Waals surface area contributed by atoms with Crippen LogP contribution in [0.3, 0.4) is 0 Å². The predicted molar refractivity (Wildman–Crippen MR) is 108 cm³/mol. The predicted octanol–water partition coefficient (Wildman–Crippen LogP) is 2.80. The molecule has 1 saturated heterocycles. The van der Waals surface area contributed by atoms with E-state index < -0.39 is 0 Å². The first-order chi connectivity index (χ1) is 13.3. The molecule has 1 atom stereocenters. The Hall–Kier alpha value is -1.92. The topological polar surface area (TPSA) is 39.7 Å². The van der Waals surface area contributed by atoms with E-state index in [0.29, 0.717) is 18.5 Å². The van der Waals surface area contributed by atoms with Gasteiger partial charge in [0.25, 0.3) is 0 Å². The van der Waals surface area contributed by atoms with Crippen molar-refractivity contribution in [3.05, 3.63) is 46.3 Å². The fourth-order valence-electron chi connectivity index (χ4n) is 4.54. The number of amides is 1. The third kappa shape index (κ3) is 3.48. The highest BCUT2D eigenvalue weighted by Gasteiger charge is 2.40. The Morgan fingerprint density at radius 3 is 2.70 bits per heavy atom. The molecule has 1 saturated carbocycles. The van der Waals surface area contributed by atoms with Crippen molar-refractivity contribution in [2.75, 3.05) is 44.2 Å². The number of hydrogen-bond donors (Lipinski definition) is 0. The first-order valence-electron chi connectivity index (χ1n) is 10.0. The molecule has 27 heavy (non-hydrogen) atoms. The highest BCUT2D eigenvalue weighted by molar-refractivity contribution is 7.10. The minimum absolute atomic E-state index is 0.292. The largest absolute Gasteiger partial charge is 0.353 e. The van der Waals surface area contributed by atoms with Crippen molar-refractivity contribution in [1.29, 1.82) is 0 Å². The van der Waals surface area contributed by atoms with Gasteiger partial charge in [-0.15, -0.1) is 11.3 Å². The Bertz CT molecular complexity index is 796. The summed E-state index contributed by atoms with van der Waals surface area (Å²) in [7, 11) is 0. The lowest BCUT2D eigenvalue weighted by Crippen LogP contribution is -2.52. The van der Waals surface area contributed by atoms with Crippen molar-refractivity contribution in [3.63, 3.8) is 0 Å². The summed E-state index contributed by atoms with van der Waals surface area (Å²) >= 11 is 1.89. The van der Waals surface area contributed by atoms with Crippen LogP contribution in [0.2, 0.25) is 0 Å². The summed E-state index contributed by atoms with van der Waals surface area (Å²) < 4.78 is 0. The Kier molecular flexibility index (Phi) is 4.61. The molecular formula is C21H26N4OS. The quantitative estimate of drug-likeness (QED) is 0.815. The van der Waals surface area contributed by atoms with Gasteiger partial charge in [-0.25, -0.2) is 4.98 Å². The molecule has 1 amide bonds. The van der Waals surface area contributed by atoms with Gasteiger partial charge in [0.1, 0.15) is 5.82 Å². The summed E-state index contributed by atoms with van der Waals surface area (Å²) in [6, 6.07) is 8.78. The van der Waals surface area contributed by atoms with Gasteiger partial charge in [0, 0.05) is 49.8 Å². The van der Waals surface area contributed by atoms with Crippen LogP contribution in [0.25, 0.3) is 0 Å². The average molecular weight is 383 g/mol. The molecule has 2 aromatic rings. The van der Waals surface area contributed by atoms with Gasteiger partial charge in [-0.2, -0.15) is 0 Å². The lowest BCUT2D eigenvalue weighted by atomic mass is 9.96. The zero-order valence-electron chi connectivity index (χ0n) is 15.6. The van der Waals surface area contributed by atoms with E-state index in [1.165, 1.54) is 18.4 Å². The summed E-state index contributed by atoms with van der Waals surface area (Å²) in [4.78, 5) is 25.8. The summed E-state index contributed by atoms with van der Waals surface area (Å²) in [6.45, 7) is 4.91. The number of thiophene rings is 1. The van der Waals surface area contributed by atoms with Gasteiger partial charge >= 0.3 is 0 Å². The molecule has 6 heteroatoms. The van der Waals surface area contributed by atoms with Gasteiger partial charge in [-0.1, -0.05) is 6.07 Å². The SMILES string of the molecule is O=C(CN1CCc2sccc2[C@@H]1C1CC1)N1CCN(c2ccccn2)CC1. The number of hydrogen-bond acceptors (Lipinski definition) is 5. The summed E-state index contributed by atoms with van der Waals surface area (Å²) in [5.41, 5.74) is 1.50. The molecule has 0 spiro atoms. The first-order valence-corrected chi connectivity index (χ1v) is 10.9. The minimum Gasteiger partial charge on any atom is -0.353 e. The fourth-order valence-corrected chi connectivity index (χ4v) is 5.45. The van der Waals surface area contributed by atoms with Gasteiger partial charge < -0.3 is 9.80 Å². The number of pyridine rings is 1. The number of aromatic nitrogens is 1. The highest BCUT2D eigenvalue weighted by atomic mass is 32.1. The van der Waals surface area contributed by atoms with Crippen LogP contribution in [0.5, 0.6) is 0 Å². The zero-order chi connectivity index (χ0) is 18.2. The zero-order valence-corrected chi connectivity index (χ0v) is 16.4. The van der Waals surface area contributed by atoms with Crippen molar-refractivity contribution >= 4 is 23.1 Å². The van der Waals surface area contributed by atoms with Crippen LogP contribution in [-0.2, 0) is 11.2 Å². The number of carbonyl (C=O) groups excluding carboxylic acids is 1. The van der Waals surface area contributed by atoms with E-state index in [0.717, 1.165) is 50.9 Å². The second kappa shape index (κ2) is 7.24. The van der Waals surface area contributed by atoms with Crippen LogP contribution in [0.1, 0.15) is 29.3 Å². The fraction of sp³-hybridized carbons (Fsp3) is 0.524. The number of anilines is 1. The van der Waals surface area contributed by atoms with Crippen LogP contribution in [0.4, 0.5) is 5.82 Å². The monoisotopic (exact) mass is 382 g/mol. The minimum atomic E-state index is 0.292. The standard InChI is InChI=1S/C21H26N4OS/c26-20(24-12-10-23(11-13-24)19-3-1-2-8-22-19)15-25-9-6-18-17(7-14-27-18)21(25)16-4-5-16/h1-3,7-8,14,16,21H,4-6,9-13,15H2/t21-/m0/s1. The molecular weight excluding hydrogens is 356 g/mol. The van der Waals surface area contributed by atoms with Crippen LogP contribution < -0.4 is 4.90 Å². The van der Waals surface area contributed by atoms with Crippen molar-refractivity contribution in [3.8, 4) is 0 Å². The van der Waals surface area contributed by atoms with Crippen molar-refractivity contribution in [1.82, 2.24) is 14.8 Å². The average Bonchev–Trinajstić information content (AvgIpc) is 3.44. The van der Waals surface area contributed by atoms with Crippen LogP contribution in [-0.4, -0.2) is 60.0 Å². The maximum absolute atomic E-state index is 13.0. The molecule has 0 radical (unpaired) electrons. The van der Waals surface area contributed by atoms with Gasteiger partial charge in [-0.3, -0.25) is 9.69 Å². The molecule has 2 aromatic heterocycles. The molecule has 0 aromatic carbocycles. The Morgan fingerprint density at radius 1 is 1.11 bits per heavy atom. The van der Waals surface area contributed by atoms with E-state index >= 15 is 0 Å². The second-order valence-corrected chi connectivity index (χ2v) is 8.86. The normalized spacial score (nSPS) is 23.3. The molecule has 2 aliphatic heterocycles.